The first-order valence-corrected chi connectivity index (χ1v) is 9.86. The molecule has 5 unspecified atom stereocenters. The highest BCUT2D eigenvalue weighted by atomic mass is 16.7. The predicted molar refractivity (Wildman–Crippen MR) is 95.9 cm³/mol. The number of rotatable bonds is 5. The standard InChI is InChI=1S/C20H28N2O4/c1-2-24-20-16(4-3-9-21-20)13-5-6-14(10-13)19(23)22-15-7-8-17-18(11-15)26-12-25-17/h3-4,9,13-15,17-18H,2,5-8,10-12H2,1H3,(H,22,23). The number of nitrogens with zero attached hydrogens (tertiary/aromatic N) is 1. The van der Waals surface area contributed by atoms with Gasteiger partial charge in [0.1, 0.15) is 6.79 Å². The lowest BCUT2D eigenvalue weighted by atomic mass is 9.90. The van der Waals surface area contributed by atoms with Gasteiger partial charge in [-0.2, -0.15) is 0 Å². The number of hydrogen-bond acceptors (Lipinski definition) is 5. The molecule has 1 aromatic heterocycles. The first-order valence-electron chi connectivity index (χ1n) is 9.86. The van der Waals surface area contributed by atoms with Crippen LogP contribution in [-0.2, 0) is 14.3 Å². The SMILES string of the molecule is CCOc1ncccc1C1CCC(C(=O)NC2CCC3OCOC3C2)C1. The predicted octanol–water partition coefficient (Wildman–Crippen LogP) is 2.77. The van der Waals surface area contributed by atoms with Crippen molar-refractivity contribution in [3.05, 3.63) is 23.9 Å². The van der Waals surface area contributed by atoms with Crippen molar-refractivity contribution in [3.8, 4) is 5.88 Å². The van der Waals surface area contributed by atoms with Crippen molar-refractivity contribution in [2.45, 2.75) is 69.6 Å². The molecular formula is C20H28N2O4. The van der Waals surface area contributed by atoms with E-state index >= 15 is 0 Å². The summed E-state index contributed by atoms with van der Waals surface area (Å²) in [6.07, 6.45) is 7.75. The van der Waals surface area contributed by atoms with Gasteiger partial charge in [0.15, 0.2) is 0 Å². The van der Waals surface area contributed by atoms with Gasteiger partial charge in [0.05, 0.1) is 18.8 Å². The van der Waals surface area contributed by atoms with E-state index in [-0.39, 0.29) is 30.1 Å². The van der Waals surface area contributed by atoms with Crippen LogP contribution in [0.15, 0.2) is 18.3 Å². The third kappa shape index (κ3) is 3.71. The molecule has 1 amide bonds. The highest BCUT2D eigenvalue weighted by molar-refractivity contribution is 5.79. The lowest BCUT2D eigenvalue weighted by molar-refractivity contribution is -0.126. The lowest BCUT2D eigenvalue weighted by Gasteiger charge is -2.30. The van der Waals surface area contributed by atoms with Crippen LogP contribution < -0.4 is 10.1 Å². The zero-order valence-corrected chi connectivity index (χ0v) is 15.4. The van der Waals surface area contributed by atoms with E-state index < -0.39 is 0 Å². The monoisotopic (exact) mass is 360 g/mol. The number of carbonyl (C=O) groups is 1. The summed E-state index contributed by atoms with van der Waals surface area (Å²) in [4.78, 5) is 17.1. The van der Waals surface area contributed by atoms with E-state index in [1.165, 1.54) is 0 Å². The maximum absolute atomic E-state index is 12.8. The first-order chi connectivity index (χ1) is 12.7. The van der Waals surface area contributed by atoms with Gasteiger partial charge in [0.2, 0.25) is 11.8 Å². The number of fused-ring (bicyclic) bond motifs is 1. The summed E-state index contributed by atoms with van der Waals surface area (Å²) < 4.78 is 16.8. The largest absolute Gasteiger partial charge is 0.478 e. The van der Waals surface area contributed by atoms with Crippen LogP contribution in [0.2, 0.25) is 0 Å². The van der Waals surface area contributed by atoms with E-state index in [0.29, 0.717) is 19.3 Å². The Kier molecular flexibility index (Phi) is 5.41. The Morgan fingerprint density at radius 1 is 1.23 bits per heavy atom. The van der Waals surface area contributed by atoms with Gasteiger partial charge in [-0.25, -0.2) is 4.98 Å². The minimum Gasteiger partial charge on any atom is -0.478 e. The number of hydrogen-bond donors (Lipinski definition) is 1. The van der Waals surface area contributed by atoms with E-state index in [2.05, 4.69) is 16.4 Å². The molecule has 26 heavy (non-hydrogen) atoms. The average molecular weight is 360 g/mol. The second-order valence-electron chi connectivity index (χ2n) is 7.58. The highest BCUT2D eigenvalue weighted by Crippen LogP contribution is 2.41. The second kappa shape index (κ2) is 7.92. The molecule has 1 aliphatic heterocycles. The molecule has 2 saturated carbocycles. The molecule has 5 atom stereocenters. The van der Waals surface area contributed by atoms with Crippen molar-refractivity contribution in [1.29, 1.82) is 0 Å². The molecule has 1 saturated heterocycles. The smallest absolute Gasteiger partial charge is 0.223 e. The van der Waals surface area contributed by atoms with Gasteiger partial charge in [0.25, 0.3) is 0 Å². The van der Waals surface area contributed by atoms with Crippen molar-refractivity contribution >= 4 is 5.91 Å². The zero-order valence-electron chi connectivity index (χ0n) is 15.4. The van der Waals surface area contributed by atoms with Crippen LogP contribution in [0, 0.1) is 5.92 Å². The number of ether oxygens (including phenoxy) is 3. The van der Waals surface area contributed by atoms with Gasteiger partial charge in [0, 0.05) is 23.7 Å². The lowest BCUT2D eigenvalue weighted by Crippen LogP contribution is -2.45. The summed E-state index contributed by atoms with van der Waals surface area (Å²) in [7, 11) is 0. The molecule has 6 heteroatoms. The van der Waals surface area contributed by atoms with Crippen LogP contribution in [0.25, 0.3) is 0 Å². The average Bonchev–Trinajstić information content (AvgIpc) is 3.31. The van der Waals surface area contributed by atoms with Gasteiger partial charge >= 0.3 is 0 Å². The van der Waals surface area contributed by atoms with Gasteiger partial charge in [-0.15, -0.1) is 0 Å². The van der Waals surface area contributed by atoms with Crippen LogP contribution in [0.4, 0.5) is 0 Å². The van der Waals surface area contributed by atoms with E-state index in [0.717, 1.165) is 50.0 Å². The normalized spacial score (nSPS) is 33.7. The molecule has 1 N–H and O–H groups in total. The first kappa shape index (κ1) is 17.7. The molecule has 0 radical (unpaired) electrons. The van der Waals surface area contributed by atoms with Gasteiger partial charge in [-0.3, -0.25) is 4.79 Å². The van der Waals surface area contributed by atoms with Gasteiger partial charge in [-0.1, -0.05) is 6.07 Å². The van der Waals surface area contributed by atoms with E-state index in [9.17, 15) is 4.79 Å². The molecule has 0 bridgehead atoms. The fourth-order valence-electron chi connectivity index (χ4n) is 4.61. The molecule has 2 heterocycles. The molecule has 3 aliphatic rings. The fourth-order valence-corrected chi connectivity index (χ4v) is 4.61. The number of pyridine rings is 1. The number of amides is 1. The van der Waals surface area contributed by atoms with E-state index in [4.69, 9.17) is 14.2 Å². The van der Waals surface area contributed by atoms with Crippen LogP contribution >= 0.6 is 0 Å². The van der Waals surface area contributed by atoms with Crippen LogP contribution in [-0.4, -0.2) is 42.5 Å². The number of nitrogens with one attached hydrogen (secondary N) is 1. The summed E-state index contributed by atoms with van der Waals surface area (Å²) in [5.41, 5.74) is 1.14. The Bertz CT molecular complexity index is 638. The molecule has 6 nitrogen and oxygen atoms in total. The Morgan fingerprint density at radius 2 is 2.12 bits per heavy atom. The second-order valence-corrected chi connectivity index (χ2v) is 7.58. The van der Waals surface area contributed by atoms with Crippen LogP contribution in [0.3, 0.4) is 0 Å². The minimum atomic E-state index is 0.0770. The molecular weight excluding hydrogens is 332 g/mol. The fraction of sp³-hybridized carbons (Fsp3) is 0.700. The van der Waals surface area contributed by atoms with Crippen LogP contribution in [0.5, 0.6) is 5.88 Å². The summed E-state index contributed by atoms with van der Waals surface area (Å²) in [6.45, 7) is 2.97. The number of carbonyl (C=O) groups excluding carboxylic acids is 1. The third-order valence-electron chi connectivity index (χ3n) is 5.97. The van der Waals surface area contributed by atoms with Crippen molar-refractivity contribution in [2.24, 2.45) is 5.92 Å². The molecule has 0 aromatic carbocycles. The Morgan fingerprint density at radius 3 is 3.00 bits per heavy atom. The summed E-state index contributed by atoms with van der Waals surface area (Å²) >= 11 is 0. The van der Waals surface area contributed by atoms with Gasteiger partial charge in [-0.05, 0) is 57.4 Å². The summed E-state index contributed by atoms with van der Waals surface area (Å²) in [5.74, 6) is 1.34. The maximum atomic E-state index is 12.8. The molecule has 0 spiro atoms. The Labute approximate surface area is 154 Å². The van der Waals surface area contributed by atoms with Crippen molar-refractivity contribution in [2.75, 3.05) is 13.4 Å². The van der Waals surface area contributed by atoms with Crippen molar-refractivity contribution < 1.29 is 19.0 Å². The third-order valence-corrected chi connectivity index (χ3v) is 5.97. The van der Waals surface area contributed by atoms with Crippen molar-refractivity contribution in [1.82, 2.24) is 10.3 Å². The zero-order chi connectivity index (χ0) is 17.9. The molecule has 3 fully saturated rings. The molecule has 2 aliphatic carbocycles. The van der Waals surface area contributed by atoms with Gasteiger partial charge < -0.3 is 19.5 Å². The topological polar surface area (TPSA) is 69.7 Å². The van der Waals surface area contributed by atoms with E-state index in [1.54, 1.807) is 6.20 Å². The maximum Gasteiger partial charge on any atom is 0.223 e. The highest BCUT2D eigenvalue weighted by Gasteiger charge is 2.38. The summed E-state index contributed by atoms with van der Waals surface area (Å²) in [6, 6.07) is 4.25. The molecule has 1 aromatic rings. The Balaban J connectivity index is 1.33. The Hall–Kier alpha value is -1.66. The van der Waals surface area contributed by atoms with Crippen molar-refractivity contribution in [3.63, 3.8) is 0 Å². The van der Waals surface area contributed by atoms with Crippen LogP contribution in [0.1, 0.15) is 56.9 Å². The summed E-state index contributed by atoms with van der Waals surface area (Å²) in [5, 5.41) is 3.26. The quantitative estimate of drug-likeness (QED) is 0.874. The van der Waals surface area contributed by atoms with E-state index in [1.807, 2.05) is 13.0 Å². The number of aromatic nitrogens is 1. The molecule has 4 rings (SSSR count). The minimum absolute atomic E-state index is 0.0770. The molecule has 142 valence electrons.